The van der Waals surface area contributed by atoms with Gasteiger partial charge in [-0.25, -0.2) is 4.79 Å². The molecule has 3 nitrogen and oxygen atoms in total. The molecule has 3 heteroatoms. The molecule has 0 aromatic heterocycles. The van der Waals surface area contributed by atoms with E-state index in [4.69, 9.17) is 0 Å². The Morgan fingerprint density at radius 1 is 1.05 bits per heavy atom. The summed E-state index contributed by atoms with van der Waals surface area (Å²) < 4.78 is 0. The Labute approximate surface area is 132 Å². The van der Waals surface area contributed by atoms with Gasteiger partial charge in [0, 0.05) is 12.6 Å². The zero-order valence-electron chi connectivity index (χ0n) is 13.1. The molecule has 0 unspecified atom stereocenters. The average molecular weight is 298 g/mol. The lowest BCUT2D eigenvalue weighted by Gasteiger charge is -2.32. The first-order valence-corrected chi connectivity index (χ1v) is 8.89. The van der Waals surface area contributed by atoms with Gasteiger partial charge < -0.3 is 10.6 Å². The molecule has 3 saturated carbocycles. The van der Waals surface area contributed by atoms with Crippen LogP contribution in [-0.2, 0) is 6.42 Å². The first-order chi connectivity index (χ1) is 10.8. The fourth-order valence-electron chi connectivity index (χ4n) is 5.42. The molecular weight excluding hydrogens is 272 g/mol. The Morgan fingerprint density at radius 3 is 2.73 bits per heavy atom. The predicted molar refractivity (Wildman–Crippen MR) is 87.5 cm³/mol. The van der Waals surface area contributed by atoms with Crippen LogP contribution in [0, 0.1) is 23.7 Å². The fraction of sp³-hybridized carbons (Fsp3) is 0.632. The maximum absolute atomic E-state index is 12.1. The largest absolute Gasteiger partial charge is 0.338 e. The number of hydrogen-bond acceptors (Lipinski definition) is 1. The van der Waals surface area contributed by atoms with Crippen LogP contribution in [0.1, 0.15) is 37.7 Å². The highest BCUT2D eigenvalue weighted by atomic mass is 16.2. The highest BCUT2D eigenvalue weighted by molar-refractivity contribution is 5.74. The molecule has 3 aliphatic carbocycles. The Kier molecular flexibility index (Phi) is 3.81. The molecule has 3 aliphatic rings. The van der Waals surface area contributed by atoms with Gasteiger partial charge >= 0.3 is 6.03 Å². The van der Waals surface area contributed by atoms with Crippen molar-refractivity contribution in [2.45, 2.75) is 44.6 Å². The number of nitrogens with one attached hydrogen (secondary N) is 2. The number of carbonyl (C=O) groups excluding carboxylic acids is 1. The lowest BCUT2D eigenvalue weighted by molar-refractivity contribution is 0.198. The summed E-state index contributed by atoms with van der Waals surface area (Å²) in [6.45, 7) is 0.711. The lowest BCUT2D eigenvalue weighted by atomic mass is 9.79. The summed E-state index contributed by atoms with van der Waals surface area (Å²) in [6, 6.07) is 10.8. The van der Waals surface area contributed by atoms with Crippen molar-refractivity contribution in [1.29, 1.82) is 0 Å². The molecule has 118 valence electrons. The maximum Gasteiger partial charge on any atom is 0.315 e. The van der Waals surface area contributed by atoms with Crippen molar-refractivity contribution in [3.63, 3.8) is 0 Å². The van der Waals surface area contributed by atoms with Gasteiger partial charge in [0.25, 0.3) is 0 Å². The molecule has 0 radical (unpaired) electrons. The van der Waals surface area contributed by atoms with E-state index in [1.807, 2.05) is 18.2 Å². The van der Waals surface area contributed by atoms with Gasteiger partial charge in [-0.05, 0) is 61.3 Å². The van der Waals surface area contributed by atoms with Crippen molar-refractivity contribution < 1.29 is 4.79 Å². The van der Waals surface area contributed by atoms with E-state index in [1.165, 1.54) is 37.7 Å². The van der Waals surface area contributed by atoms with Gasteiger partial charge in [0.05, 0.1) is 0 Å². The van der Waals surface area contributed by atoms with Crippen molar-refractivity contribution >= 4 is 6.03 Å². The molecule has 3 fully saturated rings. The average Bonchev–Trinajstić information content (AvgIpc) is 3.20. The minimum absolute atomic E-state index is 0.0306. The summed E-state index contributed by atoms with van der Waals surface area (Å²) in [6.07, 6.45) is 7.75. The van der Waals surface area contributed by atoms with E-state index in [0.717, 1.165) is 30.1 Å². The molecule has 1 aromatic carbocycles. The molecule has 0 aliphatic heterocycles. The maximum atomic E-state index is 12.1. The third-order valence-electron chi connectivity index (χ3n) is 6.29. The summed E-state index contributed by atoms with van der Waals surface area (Å²) in [5.74, 6) is 3.56. The minimum Gasteiger partial charge on any atom is -0.338 e. The van der Waals surface area contributed by atoms with Gasteiger partial charge in [-0.2, -0.15) is 0 Å². The van der Waals surface area contributed by atoms with Crippen molar-refractivity contribution in [2.75, 3.05) is 6.54 Å². The summed E-state index contributed by atoms with van der Waals surface area (Å²) in [5.41, 5.74) is 1.27. The molecule has 2 bridgehead atoms. The van der Waals surface area contributed by atoms with Crippen LogP contribution in [0.3, 0.4) is 0 Å². The lowest BCUT2D eigenvalue weighted by Crippen LogP contribution is -2.47. The minimum atomic E-state index is 0.0306. The standard InChI is InChI=1S/C19H26N2O/c22-19(20-10-9-13-5-2-1-3-6-13)21-18-12-14-11-17(18)16-8-4-7-15(14)16/h1-3,5-6,14-18H,4,7-12H2,(H2,20,21,22)/t14-,15-,16-,17+,18-/m1/s1. The molecule has 2 N–H and O–H groups in total. The zero-order valence-corrected chi connectivity index (χ0v) is 13.1. The third kappa shape index (κ3) is 2.62. The molecule has 2 amide bonds. The van der Waals surface area contributed by atoms with Crippen LogP contribution in [0.5, 0.6) is 0 Å². The van der Waals surface area contributed by atoms with E-state index < -0.39 is 0 Å². The first kappa shape index (κ1) is 14.1. The number of fused-ring (bicyclic) bond motifs is 5. The monoisotopic (exact) mass is 298 g/mol. The van der Waals surface area contributed by atoms with E-state index in [2.05, 4.69) is 22.8 Å². The second kappa shape index (κ2) is 5.94. The third-order valence-corrected chi connectivity index (χ3v) is 6.29. The van der Waals surface area contributed by atoms with Gasteiger partial charge in [-0.1, -0.05) is 36.8 Å². The van der Waals surface area contributed by atoms with E-state index >= 15 is 0 Å². The molecule has 4 rings (SSSR count). The topological polar surface area (TPSA) is 41.1 Å². The smallest absolute Gasteiger partial charge is 0.315 e. The van der Waals surface area contributed by atoms with Gasteiger partial charge in [0.2, 0.25) is 0 Å². The van der Waals surface area contributed by atoms with Crippen LogP contribution < -0.4 is 10.6 Å². The number of amides is 2. The van der Waals surface area contributed by atoms with E-state index in [-0.39, 0.29) is 6.03 Å². The van der Waals surface area contributed by atoms with Crippen molar-refractivity contribution in [1.82, 2.24) is 10.6 Å². The second-order valence-corrected chi connectivity index (χ2v) is 7.40. The van der Waals surface area contributed by atoms with Crippen LogP contribution in [0.25, 0.3) is 0 Å². The quantitative estimate of drug-likeness (QED) is 0.879. The van der Waals surface area contributed by atoms with E-state index in [1.54, 1.807) is 0 Å². The molecule has 22 heavy (non-hydrogen) atoms. The molecule has 1 aromatic rings. The molecule has 0 heterocycles. The molecular formula is C19H26N2O. The Hall–Kier alpha value is -1.51. The number of carbonyl (C=O) groups is 1. The van der Waals surface area contributed by atoms with Crippen LogP contribution in [0.15, 0.2) is 30.3 Å². The Bertz CT molecular complexity index is 529. The zero-order chi connectivity index (χ0) is 14.9. The van der Waals surface area contributed by atoms with Crippen molar-refractivity contribution in [3.05, 3.63) is 35.9 Å². The van der Waals surface area contributed by atoms with Crippen molar-refractivity contribution in [2.24, 2.45) is 23.7 Å². The van der Waals surface area contributed by atoms with E-state index in [0.29, 0.717) is 12.6 Å². The van der Waals surface area contributed by atoms with Gasteiger partial charge in [0.1, 0.15) is 0 Å². The molecule has 0 spiro atoms. The first-order valence-electron chi connectivity index (χ1n) is 8.89. The number of rotatable bonds is 4. The van der Waals surface area contributed by atoms with Crippen LogP contribution >= 0.6 is 0 Å². The van der Waals surface area contributed by atoms with Gasteiger partial charge in [-0.15, -0.1) is 0 Å². The molecule has 0 saturated heterocycles. The van der Waals surface area contributed by atoms with Crippen LogP contribution in [-0.4, -0.2) is 18.6 Å². The van der Waals surface area contributed by atoms with Crippen molar-refractivity contribution in [3.8, 4) is 0 Å². The second-order valence-electron chi connectivity index (χ2n) is 7.40. The SMILES string of the molecule is O=C(NCCc1ccccc1)N[C@@H]1C[C@H]2C[C@H]1[C@@H]1CCC[C@H]21. The highest BCUT2D eigenvalue weighted by Crippen LogP contribution is 2.58. The summed E-state index contributed by atoms with van der Waals surface area (Å²) >= 11 is 0. The van der Waals surface area contributed by atoms with Gasteiger partial charge in [0.15, 0.2) is 0 Å². The number of urea groups is 1. The normalized spacial score (nSPS) is 35.4. The van der Waals surface area contributed by atoms with Crippen LogP contribution in [0.4, 0.5) is 4.79 Å². The predicted octanol–water partition coefficient (Wildman–Crippen LogP) is 3.35. The number of benzene rings is 1. The highest BCUT2D eigenvalue weighted by Gasteiger charge is 2.53. The Balaban J connectivity index is 1.23. The summed E-state index contributed by atoms with van der Waals surface area (Å²) in [5, 5.41) is 6.29. The summed E-state index contributed by atoms with van der Waals surface area (Å²) in [4.78, 5) is 12.1. The summed E-state index contributed by atoms with van der Waals surface area (Å²) in [7, 11) is 0. The van der Waals surface area contributed by atoms with E-state index in [9.17, 15) is 4.79 Å². The van der Waals surface area contributed by atoms with Gasteiger partial charge in [-0.3, -0.25) is 0 Å². The Morgan fingerprint density at radius 2 is 1.86 bits per heavy atom. The number of hydrogen-bond donors (Lipinski definition) is 2. The molecule has 5 atom stereocenters. The van der Waals surface area contributed by atoms with Crippen LogP contribution in [0.2, 0.25) is 0 Å². The fourth-order valence-corrected chi connectivity index (χ4v) is 5.42.